The van der Waals surface area contributed by atoms with E-state index in [0.29, 0.717) is 18.5 Å². The molecule has 74 valence electrons. The van der Waals surface area contributed by atoms with Crippen LogP contribution in [0.25, 0.3) is 0 Å². The van der Waals surface area contributed by atoms with Crippen molar-refractivity contribution in [3.05, 3.63) is 0 Å². The first-order valence-electron chi connectivity index (χ1n) is 5.12. The molecule has 0 saturated carbocycles. The first kappa shape index (κ1) is 10.5. The Morgan fingerprint density at radius 1 is 1.69 bits per heavy atom. The molecule has 2 atom stereocenters. The summed E-state index contributed by atoms with van der Waals surface area (Å²) in [5, 5.41) is 12.1. The highest BCUT2D eigenvalue weighted by atomic mass is 15.2. The molecule has 13 heavy (non-hydrogen) atoms. The highest BCUT2D eigenvalue weighted by Crippen LogP contribution is 2.10. The molecule has 1 unspecified atom stereocenters. The summed E-state index contributed by atoms with van der Waals surface area (Å²) in [6.45, 7) is 7.59. The fraction of sp³-hybridized carbons (Fsp3) is 0.900. The Morgan fingerprint density at radius 2 is 2.46 bits per heavy atom. The van der Waals surface area contributed by atoms with E-state index >= 15 is 0 Å². The maximum atomic E-state index is 8.67. The Morgan fingerprint density at radius 3 is 3.00 bits per heavy atom. The highest BCUT2D eigenvalue weighted by molar-refractivity contribution is 4.86. The third-order valence-corrected chi connectivity index (χ3v) is 2.71. The van der Waals surface area contributed by atoms with E-state index in [0.717, 1.165) is 26.1 Å². The van der Waals surface area contributed by atoms with Crippen molar-refractivity contribution < 1.29 is 0 Å². The molecule has 0 aromatic heterocycles. The van der Waals surface area contributed by atoms with Gasteiger partial charge in [-0.3, -0.25) is 4.90 Å². The molecular weight excluding hydrogens is 162 g/mol. The molecule has 0 aromatic rings. The van der Waals surface area contributed by atoms with Gasteiger partial charge in [0.1, 0.15) is 0 Å². The van der Waals surface area contributed by atoms with Gasteiger partial charge in [0.15, 0.2) is 0 Å². The molecule has 0 radical (unpaired) electrons. The summed E-state index contributed by atoms with van der Waals surface area (Å²) in [6, 6.07) is 3.31. The molecule has 1 rings (SSSR count). The van der Waals surface area contributed by atoms with Crippen LogP contribution in [0.5, 0.6) is 0 Å². The molecule has 0 spiro atoms. The summed E-state index contributed by atoms with van der Waals surface area (Å²) in [5.74, 6) is 0. The van der Waals surface area contributed by atoms with Crippen molar-refractivity contribution in [3.8, 4) is 6.07 Å². The standard InChI is InChI=1S/C10H19N3/c1-3-10(4-5-11)13-7-6-12-9(2)8-13/h9-10,12H,3-4,6-8H2,1-2H3/t9-,10?/m1/s1. The summed E-state index contributed by atoms with van der Waals surface area (Å²) in [7, 11) is 0. The zero-order valence-electron chi connectivity index (χ0n) is 8.58. The van der Waals surface area contributed by atoms with Crippen LogP contribution in [0.2, 0.25) is 0 Å². The number of nitrogens with one attached hydrogen (secondary N) is 1. The zero-order chi connectivity index (χ0) is 9.68. The summed E-state index contributed by atoms with van der Waals surface area (Å²) >= 11 is 0. The highest BCUT2D eigenvalue weighted by Gasteiger charge is 2.21. The molecule has 1 heterocycles. The van der Waals surface area contributed by atoms with E-state index in [1.807, 2.05) is 0 Å². The summed E-state index contributed by atoms with van der Waals surface area (Å²) in [4.78, 5) is 2.43. The van der Waals surface area contributed by atoms with Gasteiger partial charge in [0.2, 0.25) is 0 Å². The topological polar surface area (TPSA) is 39.1 Å². The van der Waals surface area contributed by atoms with Crippen LogP contribution in [0.3, 0.4) is 0 Å². The Balaban J connectivity index is 2.43. The van der Waals surface area contributed by atoms with Crippen molar-refractivity contribution in [3.63, 3.8) is 0 Å². The van der Waals surface area contributed by atoms with E-state index in [1.54, 1.807) is 0 Å². The van der Waals surface area contributed by atoms with Crippen LogP contribution in [0.15, 0.2) is 0 Å². The van der Waals surface area contributed by atoms with Crippen molar-refractivity contribution in [2.45, 2.75) is 38.8 Å². The fourth-order valence-electron chi connectivity index (χ4n) is 1.93. The second kappa shape index (κ2) is 5.21. The van der Waals surface area contributed by atoms with Crippen LogP contribution in [0.4, 0.5) is 0 Å². The minimum Gasteiger partial charge on any atom is -0.312 e. The van der Waals surface area contributed by atoms with Gasteiger partial charge in [0.25, 0.3) is 0 Å². The minimum atomic E-state index is 0.467. The molecule has 3 heteroatoms. The molecule has 1 saturated heterocycles. The SMILES string of the molecule is CCC(CC#N)N1CCN[C@H](C)C1. The number of nitrogens with zero attached hydrogens (tertiary/aromatic N) is 2. The van der Waals surface area contributed by atoms with Crippen LogP contribution in [-0.4, -0.2) is 36.6 Å². The number of hydrogen-bond donors (Lipinski definition) is 1. The molecule has 1 fully saturated rings. The zero-order valence-corrected chi connectivity index (χ0v) is 8.58. The third-order valence-electron chi connectivity index (χ3n) is 2.71. The van der Waals surface area contributed by atoms with Crippen molar-refractivity contribution >= 4 is 0 Å². The molecule has 0 aromatic carbocycles. The molecule has 0 amide bonds. The predicted molar refractivity (Wildman–Crippen MR) is 53.3 cm³/mol. The van der Waals surface area contributed by atoms with Gasteiger partial charge >= 0.3 is 0 Å². The lowest BCUT2D eigenvalue weighted by Gasteiger charge is -2.36. The third kappa shape index (κ3) is 2.98. The predicted octanol–water partition coefficient (Wildman–Crippen LogP) is 0.972. The first-order valence-corrected chi connectivity index (χ1v) is 5.12. The van der Waals surface area contributed by atoms with Crippen LogP contribution < -0.4 is 5.32 Å². The second-order valence-electron chi connectivity index (χ2n) is 3.77. The number of piperazine rings is 1. The van der Waals surface area contributed by atoms with Crippen molar-refractivity contribution in [2.75, 3.05) is 19.6 Å². The largest absolute Gasteiger partial charge is 0.312 e. The monoisotopic (exact) mass is 181 g/mol. The van der Waals surface area contributed by atoms with Crippen LogP contribution in [-0.2, 0) is 0 Å². The number of rotatable bonds is 3. The van der Waals surface area contributed by atoms with E-state index < -0.39 is 0 Å². The normalized spacial score (nSPS) is 26.7. The Kier molecular flexibility index (Phi) is 4.20. The molecule has 1 aliphatic rings. The second-order valence-corrected chi connectivity index (χ2v) is 3.77. The van der Waals surface area contributed by atoms with Gasteiger partial charge in [-0.15, -0.1) is 0 Å². The number of hydrogen-bond acceptors (Lipinski definition) is 3. The Hall–Kier alpha value is -0.590. The summed E-state index contributed by atoms with van der Waals surface area (Å²) in [5.41, 5.74) is 0. The van der Waals surface area contributed by atoms with Gasteiger partial charge in [-0.05, 0) is 13.3 Å². The molecular formula is C10H19N3. The van der Waals surface area contributed by atoms with E-state index in [9.17, 15) is 0 Å². The van der Waals surface area contributed by atoms with Gasteiger partial charge in [-0.2, -0.15) is 5.26 Å². The quantitative estimate of drug-likeness (QED) is 0.705. The van der Waals surface area contributed by atoms with E-state index in [1.165, 1.54) is 0 Å². The van der Waals surface area contributed by atoms with Crippen molar-refractivity contribution in [2.24, 2.45) is 0 Å². The average molecular weight is 181 g/mol. The van der Waals surface area contributed by atoms with Gasteiger partial charge in [-0.1, -0.05) is 6.92 Å². The minimum absolute atomic E-state index is 0.467. The average Bonchev–Trinajstić information content (AvgIpc) is 2.14. The van der Waals surface area contributed by atoms with Gasteiger partial charge < -0.3 is 5.32 Å². The maximum absolute atomic E-state index is 8.67. The molecule has 1 aliphatic heterocycles. The van der Waals surface area contributed by atoms with Gasteiger partial charge in [-0.25, -0.2) is 0 Å². The smallest absolute Gasteiger partial charge is 0.0638 e. The molecule has 1 N–H and O–H groups in total. The molecule has 3 nitrogen and oxygen atoms in total. The van der Waals surface area contributed by atoms with E-state index in [4.69, 9.17) is 5.26 Å². The van der Waals surface area contributed by atoms with Crippen LogP contribution >= 0.6 is 0 Å². The lowest BCUT2D eigenvalue weighted by atomic mass is 10.1. The van der Waals surface area contributed by atoms with Crippen molar-refractivity contribution in [1.82, 2.24) is 10.2 Å². The Labute approximate surface area is 80.7 Å². The lowest BCUT2D eigenvalue weighted by Crippen LogP contribution is -2.52. The fourth-order valence-corrected chi connectivity index (χ4v) is 1.93. The van der Waals surface area contributed by atoms with Crippen LogP contribution in [0.1, 0.15) is 26.7 Å². The number of nitriles is 1. The first-order chi connectivity index (χ1) is 6.27. The van der Waals surface area contributed by atoms with Gasteiger partial charge in [0.05, 0.1) is 12.5 Å². The summed E-state index contributed by atoms with van der Waals surface area (Å²) < 4.78 is 0. The molecule has 0 aliphatic carbocycles. The van der Waals surface area contributed by atoms with E-state index in [-0.39, 0.29) is 0 Å². The summed E-state index contributed by atoms with van der Waals surface area (Å²) in [6.07, 6.45) is 1.75. The van der Waals surface area contributed by atoms with E-state index in [2.05, 4.69) is 30.1 Å². The van der Waals surface area contributed by atoms with Crippen molar-refractivity contribution in [1.29, 1.82) is 5.26 Å². The van der Waals surface area contributed by atoms with Gasteiger partial charge in [0, 0.05) is 31.7 Å². The lowest BCUT2D eigenvalue weighted by molar-refractivity contribution is 0.146. The van der Waals surface area contributed by atoms with Crippen LogP contribution in [0, 0.1) is 11.3 Å². The Bertz CT molecular complexity index is 185. The molecule has 0 bridgehead atoms. The maximum Gasteiger partial charge on any atom is 0.0638 e.